The molecule has 2 aromatic heterocycles. The van der Waals surface area contributed by atoms with Gasteiger partial charge in [0, 0.05) is 17.9 Å². The molecule has 0 bridgehead atoms. The van der Waals surface area contributed by atoms with Crippen LogP contribution in [-0.4, -0.2) is 9.55 Å². The third kappa shape index (κ3) is 1.12. The molecule has 3 nitrogen and oxygen atoms in total. The van der Waals surface area contributed by atoms with Crippen LogP contribution in [-0.2, 0) is 5.54 Å². The summed E-state index contributed by atoms with van der Waals surface area (Å²) in [6.45, 7) is 6.63. The fourth-order valence-electron chi connectivity index (χ4n) is 1.74. The average molecular weight is 191 g/mol. The summed E-state index contributed by atoms with van der Waals surface area (Å²) in [5.41, 5.74) is 9.11. The Labute approximate surface area is 83.9 Å². The molecular formula is C11H17N3. The standard InChI is InChI=1S/C11H17N3/c1-4-11(2,3)14-7-8(12)10-9(14)5-6-13-10/h5-7,13H,4,12H2,1-3H3. The second kappa shape index (κ2) is 2.80. The van der Waals surface area contributed by atoms with Gasteiger partial charge in [0.25, 0.3) is 0 Å². The number of fused-ring (bicyclic) bond motifs is 1. The van der Waals surface area contributed by atoms with Gasteiger partial charge in [-0.2, -0.15) is 0 Å². The Balaban J connectivity index is 2.68. The monoisotopic (exact) mass is 191 g/mol. The lowest BCUT2D eigenvalue weighted by molar-refractivity contribution is 0.354. The van der Waals surface area contributed by atoms with Crippen molar-refractivity contribution >= 4 is 16.7 Å². The minimum absolute atomic E-state index is 0.123. The summed E-state index contributed by atoms with van der Waals surface area (Å²) >= 11 is 0. The first-order valence-corrected chi connectivity index (χ1v) is 5.00. The highest BCUT2D eigenvalue weighted by Crippen LogP contribution is 2.29. The van der Waals surface area contributed by atoms with Gasteiger partial charge in [-0.1, -0.05) is 6.92 Å². The van der Waals surface area contributed by atoms with Crippen molar-refractivity contribution in [2.24, 2.45) is 0 Å². The molecule has 76 valence electrons. The zero-order valence-electron chi connectivity index (χ0n) is 8.96. The van der Waals surface area contributed by atoms with Crippen LogP contribution in [0.5, 0.6) is 0 Å². The van der Waals surface area contributed by atoms with Crippen molar-refractivity contribution in [3.63, 3.8) is 0 Å². The molecule has 2 aromatic rings. The van der Waals surface area contributed by atoms with Crippen LogP contribution < -0.4 is 5.73 Å². The maximum absolute atomic E-state index is 5.92. The lowest BCUT2D eigenvalue weighted by Crippen LogP contribution is -2.23. The van der Waals surface area contributed by atoms with E-state index in [0.29, 0.717) is 0 Å². The lowest BCUT2D eigenvalue weighted by Gasteiger charge is -2.25. The summed E-state index contributed by atoms with van der Waals surface area (Å²) in [5, 5.41) is 0. The molecule has 0 fully saturated rings. The van der Waals surface area contributed by atoms with Gasteiger partial charge in [-0.05, 0) is 26.3 Å². The molecule has 0 saturated heterocycles. The van der Waals surface area contributed by atoms with E-state index in [9.17, 15) is 0 Å². The molecule has 0 aliphatic rings. The van der Waals surface area contributed by atoms with E-state index in [4.69, 9.17) is 5.73 Å². The van der Waals surface area contributed by atoms with Crippen LogP contribution in [0, 0.1) is 0 Å². The van der Waals surface area contributed by atoms with Crippen LogP contribution in [0.4, 0.5) is 5.69 Å². The second-order valence-electron chi connectivity index (χ2n) is 4.36. The number of anilines is 1. The van der Waals surface area contributed by atoms with E-state index in [1.54, 1.807) is 0 Å². The van der Waals surface area contributed by atoms with E-state index in [-0.39, 0.29) is 5.54 Å². The highest BCUT2D eigenvalue weighted by molar-refractivity contribution is 5.88. The summed E-state index contributed by atoms with van der Waals surface area (Å²) in [6.07, 6.45) is 5.04. The van der Waals surface area contributed by atoms with Crippen molar-refractivity contribution in [3.05, 3.63) is 18.5 Å². The normalized spacial score (nSPS) is 12.5. The smallest absolute Gasteiger partial charge is 0.0870 e. The summed E-state index contributed by atoms with van der Waals surface area (Å²) < 4.78 is 2.24. The maximum Gasteiger partial charge on any atom is 0.0870 e. The van der Waals surface area contributed by atoms with Gasteiger partial charge >= 0.3 is 0 Å². The Morgan fingerprint density at radius 2 is 2.21 bits per heavy atom. The quantitative estimate of drug-likeness (QED) is 0.753. The third-order valence-corrected chi connectivity index (χ3v) is 3.06. The largest absolute Gasteiger partial charge is 0.396 e. The highest BCUT2D eigenvalue weighted by atomic mass is 15.1. The first-order chi connectivity index (χ1) is 6.56. The second-order valence-corrected chi connectivity index (χ2v) is 4.36. The number of nitrogens with two attached hydrogens (primary N) is 1. The molecule has 0 aliphatic carbocycles. The molecule has 3 N–H and O–H groups in total. The van der Waals surface area contributed by atoms with E-state index in [1.165, 1.54) is 5.52 Å². The van der Waals surface area contributed by atoms with Gasteiger partial charge in [0.05, 0.1) is 16.7 Å². The molecule has 0 saturated carbocycles. The summed E-state index contributed by atoms with van der Waals surface area (Å²) in [7, 11) is 0. The molecule has 2 heterocycles. The van der Waals surface area contributed by atoms with Crippen LogP contribution in [0.15, 0.2) is 18.5 Å². The molecule has 3 heteroatoms. The van der Waals surface area contributed by atoms with Gasteiger partial charge in [0.2, 0.25) is 0 Å². The third-order valence-electron chi connectivity index (χ3n) is 3.06. The molecular weight excluding hydrogens is 174 g/mol. The molecule has 0 atom stereocenters. The number of nitrogen functional groups attached to an aromatic ring is 1. The zero-order chi connectivity index (χ0) is 10.3. The fraction of sp³-hybridized carbons (Fsp3) is 0.455. The van der Waals surface area contributed by atoms with Gasteiger partial charge < -0.3 is 15.3 Å². The number of hydrogen-bond acceptors (Lipinski definition) is 1. The summed E-state index contributed by atoms with van der Waals surface area (Å²) in [5.74, 6) is 0. The molecule has 0 aromatic carbocycles. The van der Waals surface area contributed by atoms with Gasteiger partial charge in [0.1, 0.15) is 0 Å². The lowest BCUT2D eigenvalue weighted by atomic mass is 10.0. The Morgan fingerprint density at radius 1 is 1.50 bits per heavy atom. The molecule has 0 spiro atoms. The van der Waals surface area contributed by atoms with Crippen LogP contribution >= 0.6 is 0 Å². The topological polar surface area (TPSA) is 46.7 Å². The molecule has 14 heavy (non-hydrogen) atoms. The first-order valence-electron chi connectivity index (χ1n) is 5.00. The zero-order valence-corrected chi connectivity index (χ0v) is 8.96. The molecule has 2 rings (SSSR count). The van der Waals surface area contributed by atoms with Crippen LogP contribution in [0.3, 0.4) is 0 Å². The Kier molecular flexibility index (Phi) is 1.84. The summed E-state index contributed by atoms with van der Waals surface area (Å²) in [4.78, 5) is 3.16. The van der Waals surface area contributed by atoms with Gasteiger partial charge in [-0.25, -0.2) is 0 Å². The Morgan fingerprint density at radius 3 is 2.86 bits per heavy atom. The summed E-state index contributed by atoms with van der Waals surface area (Å²) in [6, 6.07) is 2.07. The van der Waals surface area contributed by atoms with Crippen molar-refractivity contribution < 1.29 is 0 Å². The van der Waals surface area contributed by atoms with Gasteiger partial charge in [0.15, 0.2) is 0 Å². The minimum atomic E-state index is 0.123. The van der Waals surface area contributed by atoms with E-state index in [2.05, 4.69) is 36.4 Å². The number of aromatic amines is 1. The van der Waals surface area contributed by atoms with Crippen molar-refractivity contribution in [1.29, 1.82) is 0 Å². The number of H-pyrrole nitrogens is 1. The molecule has 0 unspecified atom stereocenters. The SMILES string of the molecule is CCC(C)(C)n1cc(N)c2[nH]ccc21. The average Bonchev–Trinajstić information content (AvgIpc) is 2.70. The number of rotatable bonds is 2. The maximum atomic E-state index is 5.92. The van der Waals surface area contributed by atoms with Crippen LogP contribution in [0.1, 0.15) is 27.2 Å². The molecule has 0 aliphatic heterocycles. The Hall–Kier alpha value is -1.38. The van der Waals surface area contributed by atoms with E-state index < -0.39 is 0 Å². The predicted molar refractivity (Wildman–Crippen MR) is 60.3 cm³/mol. The number of aromatic nitrogens is 2. The predicted octanol–water partition coefficient (Wildman–Crippen LogP) is 2.70. The number of hydrogen-bond donors (Lipinski definition) is 2. The van der Waals surface area contributed by atoms with E-state index >= 15 is 0 Å². The van der Waals surface area contributed by atoms with Gasteiger partial charge in [-0.3, -0.25) is 0 Å². The van der Waals surface area contributed by atoms with Crippen molar-refractivity contribution in [1.82, 2.24) is 9.55 Å². The van der Waals surface area contributed by atoms with Crippen LogP contribution in [0.2, 0.25) is 0 Å². The fourth-order valence-corrected chi connectivity index (χ4v) is 1.74. The highest BCUT2D eigenvalue weighted by Gasteiger charge is 2.20. The van der Waals surface area contributed by atoms with Gasteiger partial charge in [-0.15, -0.1) is 0 Å². The Bertz CT molecular complexity index is 448. The first kappa shape index (κ1) is 9.19. The number of nitrogens with one attached hydrogen (secondary N) is 1. The number of nitrogens with zero attached hydrogens (tertiary/aromatic N) is 1. The van der Waals surface area contributed by atoms with Crippen LogP contribution in [0.25, 0.3) is 11.0 Å². The minimum Gasteiger partial charge on any atom is -0.396 e. The van der Waals surface area contributed by atoms with Crippen molar-refractivity contribution in [2.45, 2.75) is 32.7 Å². The molecule has 0 amide bonds. The van der Waals surface area contributed by atoms with Crippen molar-refractivity contribution in [3.8, 4) is 0 Å². The van der Waals surface area contributed by atoms with Crippen molar-refractivity contribution in [2.75, 3.05) is 5.73 Å². The van der Waals surface area contributed by atoms with E-state index in [1.807, 2.05) is 12.4 Å². The van der Waals surface area contributed by atoms with E-state index in [0.717, 1.165) is 17.6 Å². The molecule has 0 radical (unpaired) electrons.